The summed E-state index contributed by atoms with van der Waals surface area (Å²) in [5, 5.41) is 17.7. The third-order valence-electron chi connectivity index (χ3n) is 2.48. The van der Waals surface area contributed by atoms with Crippen molar-refractivity contribution < 1.29 is 13.5 Å². The second kappa shape index (κ2) is 4.14. The third kappa shape index (κ3) is 4.36. The van der Waals surface area contributed by atoms with Gasteiger partial charge in [0, 0.05) is 6.54 Å². The van der Waals surface area contributed by atoms with Crippen LogP contribution in [0.3, 0.4) is 0 Å². The van der Waals surface area contributed by atoms with Gasteiger partial charge in [-0.25, -0.2) is 13.6 Å². The maximum Gasteiger partial charge on any atom is 0.209 e. The first-order chi connectivity index (χ1) is 6.29. The van der Waals surface area contributed by atoms with E-state index >= 15 is 0 Å². The molecule has 0 bridgehead atoms. The van der Waals surface area contributed by atoms with Crippen LogP contribution in [0.15, 0.2) is 0 Å². The number of sulfonamides is 1. The first-order valence-electron chi connectivity index (χ1n) is 4.72. The van der Waals surface area contributed by atoms with Crippen LogP contribution in [0, 0.1) is 5.92 Å². The predicted molar refractivity (Wildman–Crippen MR) is 54.2 cm³/mol. The Morgan fingerprint density at radius 2 is 2.29 bits per heavy atom. The van der Waals surface area contributed by atoms with E-state index in [0.29, 0.717) is 19.4 Å². The van der Waals surface area contributed by atoms with Crippen LogP contribution in [0.5, 0.6) is 0 Å². The summed E-state index contributed by atoms with van der Waals surface area (Å²) in [5.74, 6) is 0.187. The number of nitrogens with one attached hydrogen (secondary N) is 1. The van der Waals surface area contributed by atoms with E-state index in [1.165, 1.54) is 0 Å². The maximum absolute atomic E-state index is 10.7. The molecule has 2 unspecified atom stereocenters. The molecule has 0 aliphatic carbocycles. The second-order valence-corrected chi connectivity index (χ2v) is 6.09. The fraction of sp³-hybridized carbons (Fsp3) is 1.00. The number of rotatable bonds is 3. The van der Waals surface area contributed by atoms with Crippen molar-refractivity contribution in [3.8, 4) is 0 Å². The zero-order valence-corrected chi connectivity index (χ0v) is 9.18. The van der Waals surface area contributed by atoms with Crippen molar-refractivity contribution in [2.24, 2.45) is 11.1 Å². The van der Waals surface area contributed by atoms with E-state index in [1.807, 2.05) is 0 Å². The Morgan fingerprint density at radius 3 is 2.79 bits per heavy atom. The Kier molecular flexibility index (Phi) is 3.52. The van der Waals surface area contributed by atoms with Crippen molar-refractivity contribution in [3.63, 3.8) is 0 Å². The fourth-order valence-corrected chi connectivity index (χ4v) is 2.51. The van der Waals surface area contributed by atoms with E-state index in [1.54, 1.807) is 6.92 Å². The summed E-state index contributed by atoms with van der Waals surface area (Å²) < 4.78 is 21.5. The minimum absolute atomic E-state index is 0.00454. The molecule has 1 fully saturated rings. The van der Waals surface area contributed by atoms with Gasteiger partial charge in [-0.2, -0.15) is 0 Å². The number of hydrogen-bond donors (Lipinski definition) is 3. The van der Waals surface area contributed by atoms with Crippen molar-refractivity contribution in [2.45, 2.75) is 25.4 Å². The second-order valence-electron chi connectivity index (χ2n) is 4.35. The molecule has 2 atom stereocenters. The van der Waals surface area contributed by atoms with Crippen molar-refractivity contribution in [1.82, 2.24) is 5.32 Å². The molecule has 0 radical (unpaired) electrons. The SMILES string of the molecule is CC1(O)CNCC(CCS(N)(=O)=O)C1. The molecule has 5 nitrogen and oxygen atoms in total. The van der Waals surface area contributed by atoms with Crippen molar-refractivity contribution in [2.75, 3.05) is 18.8 Å². The summed E-state index contributed by atoms with van der Waals surface area (Å²) in [6.45, 7) is 3.08. The number of aliphatic hydroxyl groups is 1. The number of nitrogens with two attached hydrogens (primary N) is 1. The monoisotopic (exact) mass is 222 g/mol. The fourth-order valence-electron chi connectivity index (χ4n) is 1.85. The molecular weight excluding hydrogens is 204 g/mol. The summed E-state index contributed by atoms with van der Waals surface area (Å²) in [4.78, 5) is 0. The van der Waals surface area contributed by atoms with E-state index in [9.17, 15) is 13.5 Å². The highest BCUT2D eigenvalue weighted by molar-refractivity contribution is 7.89. The molecule has 14 heavy (non-hydrogen) atoms. The van der Waals surface area contributed by atoms with Crippen molar-refractivity contribution in [3.05, 3.63) is 0 Å². The standard InChI is InChI=1S/C8H18N2O3S/c1-8(11)4-7(5-10-6-8)2-3-14(9,12)13/h7,10-11H,2-6H2,1H3,(H2,9,12,13). The van der Waals surface area contributed by atoms with Crippen LogP contribution in [0.4, 0.5) is 0 Å². The van der Waals surface area contributed by atoms with Gasteiger partial charge in [-0.15, -0.1) is 0 Å². The maximum atomic E-state index is 10.7. The summed E-state index contributed by atoms with van der Waals surface area (Å²) in [6.07, 6.45) is 1.15. The lowest BCUT2D eigenvalue weighted by atomic mass is 9.87. The van der Waals surface area contributed by atoms with E-state index in [2.05, 4.69) is 5.32 Å². The molecule has 1 rings (SSSR count). The van der Waals surface area contributed by atoms with Gasteiger partial charge in [-0.1, -0.05) is 0 Å². The smallest absolute Gasteiger partial charge is 0.209 e. The molecule has 6 heteroatoms. The minimum Gasteiger partial charge on any atom is -0.389 e. The minimum atomic E-state index is -3.37. The molecule has 1 heterocycles. The first-order valence-corrected chi connectivity index (χ1v) is 6.44. The molecule has 1 saturated heterocycles. The Balaban J connectivity index is 2.39. The molecule has 4 N–H and O–H groups in total. The van der Waals surface area contributed by atoms with Gasteiger partial charge in [0.25, 0.3) is 0 Å². The molecule has 0 aromatic heterocycles. The number of primary sulfonamides is 1. The van der Waals surface area contributed by atoms with Gasteiger partial charge in [0.05, 0.1) is 11.4 Å². The molecule has 0 amide bonds. The highest BCUT2D eigenvalue weighted by atomic mass is 32.2. The summed E-state index contributed by atoms with van der Waals surface area (Å²) >= 11 is 0. The van der Waals surface area contributed by atoms with E-state index in [4.69, 9.17) is 5.14 Å². The van der Waals surface area contributed by atoms with Gasteiger partial charge in [-0.05, 0) is 32.2 Å². The van der Waals surface area contributed by atoms with Gasteiger partial charge < -0.3 is 10.4 Å². The zero-order valence-electron chi connectivity index (χ0n) is 8.36. The summed E-state index contributed by atoms with van der Waals surface area (Å²) in [6, 6.07) is 0. The van der Waals surface area contributed by atoms with Gasteiger partial charge >= 0.3 is 0 Å². The molecule has 0 spiro atoms. The van der Waals surface area contributed by atoms with E-state index < -0.39 is 15.6 Å². The molecule has 1 aliphatic heterocycles. The largest absolute Gasteiger partial charge is 0.389 e. The zero-order chi connectivity index (χ0) is 10.8. The van der Waals surface area contributed by atoms with Crippen LogP contribution < -0.4 is 10.5 Å². The highest BCUT2D eigenvalue weighted by Gasteiger charge is 2.29. The van der Waals surface area contributed by atoms with Gasteiger partial charge in [0.1, 0.15) is 0 Å². The van der Waals surface area contributed by atoms with Crippen molar-refractivity contribution >= 4 is 10.0 Å². The Labute approximate surface area is 84.7 Å². The average molecular weight is 222 g/mol. The van der Waals surface area contributed by atoms with Gasteiger partial charge in [-0.3, -0.25) is 0 Å². The number of β-amino-alcohol motifs (C(OH)–C–C–N with tert-alkyl or cyclic N) is 1. The van der Waals surface area contributed by atoms with E-state index in [-0.39, 0.29) is 11.7 Å². The van der Waals surface area contributed by atoms with Crippen LogP contribution in [-0.2, 0) is 10.0 Å². The molecule has 84 valence electrons. The van der Waals surface area contributed by atoms with E-state index in [0.717, 1.165) is 6.54 Å². The molecule has 0 aromatic carbocycles. The van der Waals surface area contributed by atoms with Crippen LogP contribution in [-0.4, -0.2) is 38.0 Å². The summed E-state index contributed by atoms with van der Waals surface area (Å²) in [5.41, 5.74) is -0.721. The quantitative estimate of drug-likeness (QED) is 0.572. The number of piperidine rings is 1. The molecule has 0 aromatic rings. The normalized spacial score (nSPS) is 34.4. The summed E-state index contributed by atoms with van der Waals surface area (Å²) in [7, 11) is -3.37. The predicted octanol–water partition coefficient (Wildman–Crippen LogP) is -0.974. The molecule has 0 saturated carbocycles. The lowest BCUT2D eigenvalue weighted by Gasteiger charge is -2.34. The van der Waals surface area contributed by atoms with Crippen molar-refractivity contribution in [1.29, 1.82) is 0 Å². The molecule has 1 aliphatic rings. The first kappa shape index (κ1) is 11.9. The Morgan fingerprint density at radius 1 is 1.64 bits per heavy atom. The van der Waals surface area contributed by atoms with Crippen LogP contribution in [0.2, 0.25) is 0 Å². The highest BCUT2D eigenvalue weighted by Crippen LogP contribution is 2.22. The van der Waals surface area contributed by atoms with Crippen LogP contribution >= 0.6 is 0 Å². The third-order valence-corrected chi connectivity index (χ3v) is 3.28. The van der Waals surface area contributed by atoms with Gasteiger partial charge in [0.2, 0.25) is 10.0 Å². The van der Waals surface area contributed by atoms with Crippen LogP contribution in [0.1, 0.15) is 19.8 Å². The van der Waals surface area contributed by atoms with Crippen LogP contribution in [0.25, 0.3) is 0 Å². The average Bonchev–Trinajstić information content (AvgIpc) is 1.98. The Hall–Kier alpha value is -0.170. The van der Waals surface area contributed by atoms with Gasteiger partial charge in [0.15, 0.2) is 0 Å². The Bertz CT molecular complexity index is 287. The lowest BCUT2D eigenvalue weighted by molar-refractivity contribution is 0.0137. The lowest BCUT2D eigenvalue weighted by Crippen LogP contribution is -2.47. The molecular formula is C8H18N2O3S. The topological polar surface area (TPSA) is 92.4 Å². The number of hydrogen-bond acceptors (Lipinski definition) is 4.